The molecule has 2 aromatic rings. The Hall–Kier alpha value is -1.70. The molecule has 0 aromatic carbocycles. The highest BCUT2D eigenvalue weighted by atomic mass is 32.2. The minimum absolute atomic E-state index is 0.193. The van der Waals surface area contributed by atoms with E-state index in [9.17, 15) is 13.8 Å². The maximum atomic E-state index is 11.5. The van der Waals surface area contributed by atoms with E-state index >= 15 is 0 Å². The summed E-state index contributed by atoms with van der Waals surface area (Å²) >= 11 is 0. The minimum Gasteiger partial charge on any atom is -0.311 e. The Labute approximate surface area is 92.0 Å². The average Bonchev–Trinajstić information content (AvgIpc) is 2.52. The highest BCUT2D eigenvalue weighted by molar-refractivity contribution is 7.84. The monoisotopic (exact) mass is 242 g/mol. The summed E-state index contributed by atoms with van der Waals surface area (Å²) in [6.07, 6.45) is 2.77. The van der Waals surface area contributed by atoms with Crippen molar-refractivity contribution in [3.05, 3.63) is 27.2 Å². The molecule has 16 heavy (non-hydrogen) atoms. The summed E-state index contributed by atoms with van der Waals surface area (Å²) in [6.45, 7) is 0.233. The van der Waals surface area contributed by atoms with Gasteiger partial charge in [-0.15, -0.1) is 0 Å². The van der Waals surface area contributed by atoms with Crippen LogP contribution >= 0.6 is 0 Å². The second kappa shape index (κ2) is 4.05. The molecule has 2 aromatic heterocycles. The number of aryl methyl sites for hydroxylation is 1. The molecule has 2 rings (SSSR count). The first kappa shape index (κ1) is 10.8. The van der Waals surface area contributed by atoms with Gasteiger partial charge in [0.05, 0.1) is 6.33 Å². The van der Waals surface area contributed by atoms with Gasteiger partial charge in [0.2, 0.25) is 0 Å². The summed E-state index contributed by atoms with van der Waals surface area (Å²) in [5.41, 5.74) is -0.358. The number of rotatable bonds is 3. The molecule has 8 heteroatoms. The third-order valence-electron chi connectivity index (χ3n) is 2.17. The van der Waals surface area contributed by atoms with E-state index in [-0.39, 0.29) is 23.3 Å². The van der Waals surface area contributed by atoms with E-state index in [1.54, 1.807) is 6.26 Å². The van der Waals surface area contributed by atoms with Gasteiger partial charge in [-0.1, -0.05) is 0 Å². The lowest BCUT2D eigenvalue weighted by Gasteiger charge is -1.99. The number of imidazole rings is 1. The third kappa shape index (κ3) is 1.83. The molecule has 7 nitrogen and oxygen atoms in total. The Balaban J connectivity index is 2.59. The van der Waals surface area contributed by atoms with Crippen molar-refractivity contribution in [2.24, 2.45) is 0 Å². The molecule has 0 fully saturated rings. The summed E-state index contributed by atoms with van der Waals surface area (Å²) in [4.78, 5) is 31.7. The number of aromatic amines is 2. The van der Waals surface area contributed by atoms with Crippen LogP contribution in [0, 0.1) is 0 Å². The Morgan fingerprint density at radius 2 is 2.25 bits per heavy atom. The number of nitrogens with zero attached hydrogens (tertiary/aromatic N) is 2. The molecule has 86 valence electrons. The molecule has 0 aliphatic heterocycles. The maximum absolute atomic E-state index is 11.5. The molecule has 2 N–H and O–H groups in total. The molecular formula is C8H10N4O3S. The van der Waals surface area contributed by atoms with Gasteiger partial charge >= 0.3 is 5.69 Å². The van der Waals surface area contributed by atoms with Crippen LogP contribution in [0.15, 0.2) is 15.9 Å². The smallest absolute Gasteiger partial charge is 0.311 e. The minimum atomic E-state index is -1.01. The second-order valence-electron chi connectivity index (χ2n) is 3.29. The fraction of sp³-hybridized carbons (Fsp3) is 0.375. The van der Waals surface area contributed by atoms with E-state index in [2.05, 4.69) is 15.0 Å². The van der Waals surface area contributed by atoms with Crippen LogP contribution in [0.25, 0.3) is 11.2 Å². The molecule has 0 radical (unpaired) electrons. The zero-order valence-corrected chi connectivity index (χ0v) is 9.34. The van der Waals surface area contributed by atoms with Gasteiger partial charge in [-0.25, -0.2) is 9.78 Å². The van der Waals surface area contributed by atoms with E-state index in [1.807, 2.05) is 0 Å². The van der Waals surface area contributed by atoms with Crippen LogP contribution in [0.4, 0.5) is 0 Å². The molecule has 0 aliphatic rings. The van der Waals surface area contributed by atoms with Crippen LogP contribution in [0.1, 0.15) is 0 Å². The Bertz CT molecular complexity index is 653. The van der Waals surface area contributed by atoms with Gasteiger partial charge in [0.25, 0.3) is 5.56 Å². The first-order valence-electron chi connectivity index (χ1n) is 4.56. The van der Waals surface area contributed by atoms with Crippen molar-refractivity contribution < 1.29 is 4.21 Å². The number of nitrogens with one attached hydrogen (secondary N) is 2. The van der Waals surface area contributed by atoms with Crippen molar-refractivity contribution >= 4 is 22.0 Å². The molecule has 0 amide bonds. The molecular weight excluding hydrogens is 232 g/mol. The number of H-pyrrole nitrogens is 2. The second-order valence-corrected chi connectivity index (χ2v) is 4.84. The first-order chi connectivity index (χ1) is 7.59. The third-order valence-corrected chi connectivity index (χ3v) is 2.93. The summed E-state index contributed by atoms with van der Waals surface area (Å²) in [5, 5.41) is 0. The van der Waals surface area contributed by atoms with Crippen LogP contribution in [0.2, 0.25) is 0 Å². The van der Waals surface area contributed by atoms with Gasteiger partial charge in [-0.3, -0.25) is 18.6 Å². The standard InChI is InChI=1S/C8H10N4O3S/c1-16(15)3-2-12-5-6(11-8(12)14)9-4-10-7(5)13/h4H,2-3H2,1H3,(H2,9,10,11,13,14). The topological polar surface area (TPSA) is 101 Å². The van der Waals surface area contributed by atoms with E-state index in [0.717, 1.165) is 0 Å². The molecule has 0 bridgehead atoms. The summed E-state index contributed by atoms with van der Waals surface area (Å²) in [7, 11) is -1.01. The maximum Gasteiger partial charge on any atom is 0.327 e. The fourth-order valence-electron chi connectivity index (χ4n) is 1.44. The van der Waals surface area contributed by atoms with Crippen molar-refractivity contribution in [2.45, 2.75) is 6.54 Å². The summed E-state index contributed by atoms with van der Waals surface area (Å²) in [6, 6.07) is 0. The highest BCUT2D eigenvalue weighted by Gasteiger charge is 2.10. The normalized spacial score (nSPS) is 13.1. The van der Waals surface area contributed by atoms with E-state index < -0.39 is 16.5 Å². The van der Waals surface area contributed by atoms with Crippen LogP contribution in [-0.2, 0) is 17.3 Å². The van der Waals surface area contributed by atoms with Gasteiger partial charge < -0.3 is 4.98 Å². The molecule has 2 heterocycles. The predicted octanol–water partition coefficient (Wildman–Crippen LogP) is -1.21. The van der Waals surface area contributed by atoms with Gasteiger partial charge in [-0.05, 0) is 0 Å². The molecule has 0 spiro atoms. The Kier molecular flexibility index (Phi) is 2.73. The van der Waals surface area contributed by atoms with Gasteiger partial charge in [0.1, 0.15) is 0 Å². The highest BCUT2D eigenvalue weighted by Crippen LogP contribution is 1.99. The van der Waals surface area contributed by atoms with E-state index in [4.69, 9.17) is 0 Å². The number of fused-ring (bicyclic) bond motifs is 1. The van der Waals surface area contributed by atoms with Crippen molar-refractivity contribution in [1.82, 2.24) is 19.5 Å². The molecule has 0 saturated heterocycles. The van der Waals surface area contributed by atoms with Crippen molar-refractivity contribution in [2.75, 3.05) is 12.0 Å². The van der Waals surface area contributed by atoms with E-state index in [1.165, 1.54) is 10.9 Å². The number of aromatic nitrogens is 4. The lowest BCUT2D eigenvalue weighted by molar-refractivity contribution is 0.676. The lowest BCUT2D eigenvalue weighted by Crippen LogP contribution is -2.22. The SMILES string of the molecule is CS(=O)CCn1c(=O)[nH]c2nc[nH]c(=O)c21. The molecule has 0 aliphatic carbocycles. The van der Waals surface area contributed by atoms with Crippen molar-refractivity contribution in [3.8, 4) is 0 Å². The van der Waals surface area contributed by atoms with Gasteiger partial charge in [0, 0.05) is 29.4 Å². The molecule has 0 saturated carbocycles. The number of hydrogen-bond donors (Lipinski definition) is 2. The first-order valence-corrected chi connectivity index (χ1v) is 6.28. The zero-order valence-electron chi connectivity index (χ0n) is 8.52. The van der Waals surface area contributed by atoms with Crippen LogP contribution in [-0.4, -0.2) is 35.7 Å². The predicted molar refractivity (Wildman–Crippen MR) is 59.9 cm³/mol. The van der Waals surface area contributed by atoms with Gasteiger partial charge in [0.15, 0.2) is 11.2 Å². The fourth-order valence-corrected chi connectivity index (χ4v) is 1.88. The zero-order chi connectivity index (χ0) is 11.7. The average molecular weight is 242 g/mol. The van der Waals surface area contributed by atoms with Gasteiger partial charge in [-0.2, -0.15) is 0 Å². The van der Waals surface area contributed by atoms with Crippen LogP contribution in [0.3, 0.4) is 0 Å². The lowest BCUT2D eigenvalue weighted by atomic mass is 10.5. The molecule has 1 atom stereocenters. The Morgan fingerprint density at radius 1 is 1.50 bits per heavy atom. The summed E-state index contributed by atoms with van der Waals surface area (Å²) < 4.78 is 12.2. The Morgan fingerprint density at radius 3 is 2.94 bits per heavy atom. The summed E-state index contributed by atoms with van der Waals surface area (Å²) in [5.74, 6) is 0.321. The van der Waals surface area contributed by atoms with Crippen molar-refractivity contribution in [3.63, 3.8) is 0 Å². The van der Waals surface area contributed by atoms with E-state index in [0.29, 0.717) is 5.75 Å². The quantitative estimate of drug-likeness (QED) is 0.705. The van der Waals surface area contributed by atoms with Crippen LogP contribution < -0.4 is 11.2 Å². The molecule has 1 unspecified atom stereocenters. The number of hydrogen-bond acceptors (Lipinski definition) is 4. The largest absolute Gasteiger partial charge is 0.327 e. The van der Waals surface area contributed by atoms with Crippen LogP contribution in [0.5, 0.6) is 0 Å². The van der Waals surface area contributed by atoms with Crippen molar-refractivity contribution in [1.29, 1.82) is 0 Å².